The Bertz CT molecular complexity index is 845. The number of ether oxygens (including phenoxy) is 3. The van der Waals surface area contributed by atoms with E-state index < -0.39 is 0 Å². The van der Waals surface area contributed by atoms with Crippen molar-refractivity contribution in [3.63, 3.8) is 0 Å². The number of unbranched alkanes of at least 4 members (excludes halogenated alkanes) is 2. The van der Waals surface area contributed by atoms with Gasteiger partial charge in [-0.2, -0.15) is 0 Å². The first kappa shape index (κ1) is 25.5. The molecular formula is C22H23Cl4NO4. The van der Waals surface area contributed by atoms with Crippen LogP contribution in [0.25, 0.3) is 0 Å². The summed E-state index contributed by atoms with van der Waals surface area (Å²) in [6, 6.07) is 10.9. The van der Waals surface area contributed by atoms with E-state index in [1.807, 2.05) is 24.3 Å². The molecule has 0 unspecified atom stereocenters. The zero-order chi connectivity index (χ0) is 22.5. The lowest BCUT2D eigenvalue weighted by Crippen LogP contribution is -2.00. The summed E-state index contributed by atoms with van der Waals surface area (Å²) >= 11 is 23.6. The highest BCUT2D eigenvalue weighted by Gasteiger charge is 2.10. The molecule has 31 heavy (non-hydrogen) atoms. The SMILES string of the molecule is COc1ccc(CON=CCCCCOc2c(Cl)cc(OCC=C(Cl)Cl)cc2Cl)cc1. The summed E-state index contributed by atoms with van der Waals surface area (Å²) in [6.07, 6.45) is 5.74. The van der Waals surface area contributed by atoms with Crippen LogP contribution in [0.15, 0.2) is 52.1 Å². The zero-order valence-electron chi connectivity index (χ0n) is 17.0. The van der Waals surface area contributed by atoms with E-state index in [9.17, 15) is 0 Å². The van der Waals surface area contributed by atoms with E-state index in [4.69, 9.17) is 65.5 Å². The maximum Gasteiger partial charge on any atom is 0.156 e. The van der Waals surface area contributed by atoms with Crippen molar-refractivity contribution < 1.29 is 19.0 Å². The second-order valence-corrected chi connectivity index (χ2v) is 8.10. The quantitative estimate of drug-likeness (QED) is 0.161. The van der Waals surface area contributed by atoms with Crippen LogP contribution in [-0.4, -0.2) is 26.5 Å². The van der Waals surface area contributed by atoms with Gasteiger partial charge in [0, 0.05) is 18.3 Å². The topological polar surface area (TPSA) is 49.3 Å². The lowest BCUT2D eigenvalue weighted by Gasteiger charge is -2.12. The van der Waals surface area contributed by atoms with Crippen LogP contribution in [0.5, 0.6) is 17.2 Å². The summed E-state index contributed by atoms with van der Waals surface area (Å²) in [7, 11) is 1.63. The van der Waals surface area contributed by atoms with Gasteiger partial charge in [-0.15, -0.1) is 0 Å². The molecular weight excluding hydrogens is 484 g/mol. The van der Waals surface area contributed by atoms with Gasteiger partial charge in [-0.1, -0.05) is 63.7 Å². The van der Waals surface area contributed by atoms with E-state index in [1.54, 1.807) is 25.5 Å². The minimum absolute atomic E-state index is 0.131. The van der Waals surface area contributed by atoms with Crippen LogP contribution in [0.2, 0.25) is 10.0 Å². The van der Waals surface area contributed by atoms with Crippen LogP contribution in [0.3, 0.4) is 0 Å². The molecule has 0 N–H and O–H groups in total. The molecule has 0 heterocycles. The van der Waals surface area contributed by atoms with Crippen LogP contribution in [0.1, 0.15) is 24.8 Å². The van der Waals surface area contributed by atoms with E-state index in [0.717, 1.165) is 30.6 Å². The molecule has 0 radical (unpaired) electrons. The Hall–Kier alpha value is -1.79. The molecule has 0 saturated carbocycles. The van der Waals surface area contributed by atoms with Crippen LogP contribution in [0, 0.1) is 0 Å². The summed E-state index contributed by atoms with van der Waals surface area (Å²) in [4.78, 5) is 5.29. The van der Waals surface area contributed by atoms with Gasteiger partial charge in [-0.3, -0.25) is 0 Å². The fourth-order valence-electron chi connectivity index (χ4n) is 2.41. The van der Waals surface area contributed by atoms with Crippen molar-refractivity contribution in [3.8, 4) is 17.2 Å². The predicted molar refractivity (Wildman–Crippen MR) is 127 cm³/mol. The molecule has 168 valence electrons. The maximum atomic E-state index is 6.24. The monoisotopic (exact) mass is 505 g/mol. The van der Waals surface area contributed by atoms with Gasteiger partial charge in [0.25, 0.3) is 0 Å². The molecule has 0 aliphatic heterocycles. The largest absolute Gasteiger partial charge is 0.497 e. The number of hydrogen-bond acceptors (Lipinski definition) is 5. The fourth-order valence-corrected chi connectivity index (χ4v) is 3.11. The van der Waals surface area contributed by atoms with Crippen molar-refractivity contribution in [2.75, 3.05) is 20.3 Å². The van der Waals surface area contributed by atoms with Gasteiger partial charge >= 0.3 is 0 Å². The van der Waals surface area contributed by atoms with Gasteiger partial charge < -0.3 is 19.0 Å². The van der Waals surface area contributed by atoms with E-state index in [1.165, 1.54) is 6.08 Å². The third kappa shape index (κ3) is 9.92. The van der Waals surface area contributed by atoms with Crippen LogP contribution in [0.4, 0.5) is 0 Å². The van der Waals surface area contributed by atoms with E-state index in [2.05, 4.69) is 5.16 Å². The summed E-state index contributed by atoms with van der Waals surface area (Å²) in [5, 5.41) is 4.71. The highest BCUT2D eigenvalue weighted by Crippen LogP contribution is 2.37. The van der Waals surface area contributed by atoms with E-state index >= 15 is 0 Å². The first-order valence-electron chi connectivity index (χ1n) is 9.52. The van der Waals surface area contributed by atoms with Crippen molar-refractivity contribution in [2.45, 2.75) is 25.9 Å². The molecule has 2 aromatic carbocycles. The van der Waals surface area contributed by atoms with Crippen molar-refractivity contribution in [3.05, 3.63) is 62.6 Å². The fraction of sp³-hybridized carbons (Fsp3) is 0.318. The molecule has 9 heteroatoms. The van der Waals surface area contributed by atoms with E-state index in [-0.39, 0.29) is 11.1 Å². The summed E-state index contributed by atoms with van der Waals surface area (Å²) in [5.41, 5.74) is 1.02. The lowest BCUT2D eigenvalue weighted by molar-refractivity contribution is 0.131. The Kier molecular flexibility index (Phi) is 11.8. The first-order chi connectivity index (χ1) is 15.0. The molecule has 0 atom stereocenters. The molecule has 0 aromatic heterocycles. The molecule has 0 spiro atoms. The highest BCUT2D eigenvalue weighted by atomic mass is 35.5. The van der Waals surface area contributed by atoms with Gasteiger partial charge in [0.1, 0.15) is 29.2 Å². The molecule has 2 rings (SSSR count). The number of hydrogen-bond donors (Lipinski definition) is 0. The Balaban J connectivity index is 1.63. The van der Waals surface area contributed by atoms with E-state index in [0.29, 0.717) is 34.8 Å². The number of nitrogens with zero attached hydrogens (tertiary/aromatic N) is 1. The number of methoxy groups -OCH3 is 1. The van der Waals surface area contributed by atoms with Crippen molar-refractivity contribution in [1.82, 2.24) is 0 Å². The minimum Gasteiger partial charge on any atom is -0.497 e. The molecule has 0 aliphatic rings. The second-order valence-electron chi connectivity index (χ2n) is 6.27. The van der Waals surface area contributed by atoms with Gasteiger partial charge in [0.05, 0.1) is 23.8 Å². The average Bonchev–Trinajstić information content (AvgIpc) is 2.74. The summed E-state index contributed by atoms with van der Waals surface area (Å²) in [6.45, 7) is 1.10. The third-order valence-corrected chi connectivity index (χ3v) is 4.84. The number of oxime groups is 1. The third-order valence-electron chi connectivity index (χ3n) is 3.97. The van der Waals surface area contributed by atoms with Crippen LogP contribution < -0.4 is 14.2 Å². The predicted octanol–water partition coefficient (Wildman–Crippen LogP) is 7.45. The van der Waals surface area contributed by atoms with Crippen molar-refractivity contribution in [2.24, 2.45) is 5.16 Å². The molecule has 0 bridgehead atoms. The Labute approximate surface area is 202 Å². The molecule has 0 fully saturated rings. The Morgan fingerprint density at radius 1 is 0.968 bits per heavy atom. The summed E-state index contributed by atoms with van der Waals surface area (Å²) in [5.74, 6) is 1.74. The highest BCUT2D eigenvalue weighted by molar-refractivity contribution is 6.55. The molecule has 0 saturated heterocycles. The van der Waals surface area contributed by atoms with Crippen molar-refractivity contribution in [1.29, 1.82) is 0 Å². The normalized spacial score (nSPS) is 10.7. The van der Waals surface area contributed by atoms with Gasteiger partial charge in [-0.05, 0) is 43.0 Å². The van der Waals surface area contributed by atoms with Gasteiger partial charge in [-0.25, -0.2) is 0 Å². The minimum atomic E-state index is 0.131. The second kappa shape index (κ2) is 14.3. The number of rotatable bonds is 13. The molecule has 0 aliphatic carbocycles. The van der Waals surface area contributed by atoms with Crippen LogP contribution in [-0.2, 0) is 11.4 Å². The Morgan fingerprint density at radius 2 is 1.68 bits per heavy atom. The van der Waals surface area contributed by atoms with Gasteiger partial charge in [0.2, 0.25) is 0 Å². The average molecular weight is 507 g/mol. The Morgan fingerprint density at radius 3 is 2.32 bits per heavy atom. The molecule has 5 nitrogen and oxygen atoms in total. The standard InChI is InChI=1S/C22H23Cl4NO4/c1-28-17-7-5-16(6-8-17)15-31-27-10-3-2-4-11-30-22-19(23)13-18(14-20(22)24)29-12-9-21(25)26/h5-10,13-14H,2-4,11-12,15H2,1H3. The first-order valence-corrected chi connectivity index (χ1v) is 11.0. The number of benzene rings is 2. The molecule has 2 aromatic rings. The van der Waals surface area contributed by atoms with Crippen molar-refractivity contribution >= 4 is 52.6 Å². The lowest BCUT2D eigenvalue weighted by atomic mass is 10.2. The zero-order valence-corrected chi connectivity index (χ0v) is 20.0. The summed E-state index contributed by atoms with van der Waals surface area (Å²) < 4.78 is 16.4. The van der Waals surface area contributed by atoms with Gasteiger partial charge in [0.15, 0.2) is 5.75 Å². The maximum absolute atomic E-state index is 6.24. The number of halogens is 4. The smallest absolute Gasteiger partial charge is 0.156 e. The molecule has 0 amide bonds. The van der Waals surface area contributed by atoms with Crippen LogP contribution >= 0.6 is 46.4 Å².